The number of nitrogens with zero attached hydrogens (tertiary/aromatic N) is 1. The van der Waals surface area contributed by atoms with Crippen molar-refractivity contribution < 1.29 is 9.53 Å². The summed E-state index contributed by atoms with van der Waals surface area (Å²) in [5.74, 6) is 0.285. The molecule has 1 fully saturated rings. The lowest BCUT2D eigenvalue weighted by molar-refractivity contribution is -0.140. The SMILES string of the molecule is NCC1CN(C(=O)C2Cc3ccccc32)CCO1. The number of hydrogen-bond donors (Lipinski definition) is 1. The summed E-state index contributed by atoms with van der Waals surface area (Å²) in [4.78, 5) is 14.3. The molecule has 1 heterocycles. The van der Waals surface area contributed by atoms with Crippen LogP contribution in [0.4, 0.5) is 0 Å². The van der Waals surface area contributed by atoms with Crippen LogP contribution in [0.3, 0.4) is 0 Å². The molecule has 4 heteroatoms. The van der Waals surface area contributed by atoms with Crippen molar-refractivity contribution in [2.45, 2.75) is 18.4 Å². The molecule has 1 aliphatic heterocycles. The molecule has 18 heavy (non-hydrogen) atoms. The van der Waals surface area contributed by atoms with Gasteiger partial charge in [0.2, 0.25) is 5.91 Å². The Labute approximate surface area is 107 Å². The van der Waals surface area contributed by atoms with Crippen LogP contribution in [0.25, 0.3) is 0 Å². The van der Waals surface area contributed by atoms with E-state index in [2.05, 4.69) is 12.1 Å². The topological polar surface area (TPSA) is 55.6 Å². The Morgan fingerprint density at radius 1 is 1.44 bits per heavy atom. The molecule has 0 radical (unpaired) electrons. The molecular weight excluding hydrogens is 228 g/mol. The normalized spacial score (nSPS) is 26.4. The van der Waals surface area contributed by atoms with E-state index in [0.717, 1.165) is 6.42 Å². The lowest BCUT2D eigenvalue weighted by atomic mass is 9.77. The Bertz CT molecular complexity index is 461. The first-order valence-corrected chi connectivity index (χ1v) is 6.48. The van der Waals surface area contributed by atoms with Crippen LogP contribution >= 0.6 is 0 Å². The first-order valence-electron chi connectivity index (χ1n) is 6.48. The van der Waals surface area contributed by atoms with Crippen LogP contribution < -0.4 is 5.73 Å². The summed E-state index contributed by atoms with van der Waals surface area (Å²) in [7, 11) is 0. The minimum absolute atomic E-state index is 0.00183. The number of carbonyl (C=O) groups is 1. The molecule has 2 aliphatic rings. The fourth-order valence-electron chi connectivity index (χ4n) is 2.76. The lowest BCUT2D eigenvalue weighted by Gasteiger charge is -2.38. The molecule has 2 unspecified atom stereocenters. The van der Waals surface area contributed by atoms with Gasteiger partial charge in [0, 0.05) is 19.6 Å². The molecule has 0 bridgehead atoms. The van der Waals surface area contributed by atoms with Crippen molar-refractivity contribution in [1.82, 2.24) is 4.90 Å². The summed E-state index contributed by atoms with van der Waals surface area (Å²) >= 11 is 0. The molecule has 1 saturated heterocycles. The van der Waals surface area contributed by atoms with Gasteiger partial charge in [0.15, 0.2) is 0 Å². The molecule has 0 saturated carbocycles. The molecule has 0 spiro atoms. The fraction of sp³-hybridized carbons (Fsp3) is 0.500. The van der Waals surface area contributed by atoms with Crippen molar-refractivity contribution in [2.24, 2.45) is 5.73 Å². The molecule has 2 N–H and O–H groups in total. The second-order valence-electron chi connectivity index (χ2n) is 4.97. The third-order valence-electron chi connectivity index (χ3n) is 3.87. The number of benzene rings is 1. The zero-order valence-electron chi connectivity index (χ0n) is 10.3. The van der Waals surface area contributed by atoms with Crippen molar-refractivity contribution in [3.63, 3.8) is 0 Å². The van der Waals surface area contributed by atoms with Crippen LogP contribution in [-0.2, 0) is 16.0 Å². The predicted octanol–water partition coefficient (Wildman–Crippen LogP) is 0.512. The maximum absolute atomic E-state index is 12.4. The number of nitrogens with two attached hydrogens (primary N) is 1. The second-order valence-corrected chi connectivity index (χ2v) is 4.97. The van der Waals surface area contributed by atoms with Crippen molar-refractivity contribution in [1.29, 1.82) is 0 Å². The van der Waals surface area contributed by atoms with E-state index < -0.39 is 0 Å². The van der Waals surface area contributed by atoms with Crippen LogP contribution in [0.15, 0.2) is 24.3 Å². The fourth-order valence-corrected chi connectivity index (χ4v) is 2.76. The van der Waals surface area contributed by atoms with Gasteiger partial charge in [-0.15, -0.1) is 0 Å². The van der Waals surface area contributed by atoms with Gasteiger partial charge in [0.05, 0.1) is 18.6 Å². The Hall–Kier alpha value is -1.39. The van der Waals surface area contributed by atoms with Gasteiger partial charge in [-0.2, -0.15) is 0 Å². The Kier molecular flexibility index (Phi) is 3.06. The first-order chi connectivity index (χ1) is 8.79. The van der Waals surface area contributed by atoms with E-state index in [1.807, 2.05) is 17.0 Å². The van der Waals surface area contributed by atoms with E-state index in [1.165, 1.54) is 11.1 Å². The van der Waals surface area contributed by atoms with Gasteiger partial charge >= 0.3 is 0 Å². The molecule has 96 valence electrons. The molecule has 2 atom stereocenters. The van der Waals surface area contributed by atoms with E-state index in [0.29, 0.717) is 26.2 Å². The highest BCUT2D eigenvalue weighted by molar-refractivity contribution is 5.87. The third kappa shape index (κ3) is 1.91. The zero-order valence-corrected chi connectivity index (χ0v) is 10.3. The molecule has 1 amide bonds. The Morgan fingerprint density at radius 2 is 2.28 bits per heavy atom. The number of ether oxygens (including phenoxy) is 1. The summed E-state index contributed by atoms with van der Waals surface area (Å²) in [6.07, 6.45) is 0.873. The molecule has 3 rings (SSSR count). The van der Waals surface area contributed by atoms with Crippen LogP contribution in [0, 0.1) is 0 Å². The van der Waals surface area contributed by atoms with Crippen LogP contribution in [0.1, 0.15) is 17.0 Å². The largest absolute Gasteiger partial charge is 0.373 e. The summed E-state index contributed by atoms with van der Waals surface area (Å²) < 4.78 is 5.49. The first kappa shape index (κ1) is 11.7. The average molecular weight is 246 g/mol. The highest BCUT2D eigenvalue weighted by Gasteiger charge is 2.36. The zero-order chi connectivity index (χ0) is 12.5. The van der Waals surface area contributed by atoms with Crippen LogP contribution in [0.5, 0.6) is 0 Å². The van der Waals surface area contributed by atoms with E-state index in [1.54, 1.807) is 0 Å². The minimum atomic E-state index is -0.00183. The molecule has 1 aliphatic carbocycles. The standard InChI is InChI=1S/C14H18N2O2/c15-8-11-9-16(5-6-18-11)14(17)13-7-10-3-1-2-4-12(10)13/h1-4,11,13H,5-9,15H2. The molecular formula is C14H18N2O2. The number of amides is 1. The highest BCUT2D eigenvalue weighted by atomic mass is 16.5. The number of morpholine rings is 1. The predicted molar refractivity (Wildman–Crippen MR) is 68.3 cm³/mol. The quantitative estimate of drug-likeness (QED) is 0.827. The Balaban J connectivity index is 1.69. The van der Waals surface area contributed by atoms with E-state index in [-0.39, 0.29) is 17.9 Å². The number of fused-ring (bicyclic) bond motifs is 1. The van der Waals surface area contributed by atoms with Gasteiger partial charge in [-0.3, -0.25) is 4.79 Å². The van der Waals surface area contributed by atoms with E-state index in [9.17, 15) is 4.79 Å². The molecule has 4 nitrogen and oxygen atoms in total. The van der Waals surface area contributed by atoms with Crippen molar-refractivity contribution in [2.75, 3.05) is 26.2 Å². The molecule has 1 aromatic rings. The van der Waals surface area contributed by atoms with Gasteiger partial charge in [-0.25, -0.2) is 0 Å². The van der Waals surface area contributed by atoms with Gasteiger partial charge in [0.1, 0.15) is 0 Å². The summed E-state index contributed by atoms with van der Waals surface area (Å²) in [6.45, 7) is 2.40. The van der Waals surface area contributed by atoms with Crippen molar-refractivity contribution >= 4 is 5.91 Å². The third-order valence-corrected chi connectivity index (χ3v) is 3.87. The smallest absolute Gasteiger partial charge is 0.230 e. The second kappa shape index (κ2) is 4.71. The van der Waals surface area contributed by atoms with E-state index >= 15 is 0 Å². The van der Waals surface area contributed by atoms with Gasteiger partial charge < -0.3 is 15.4 Å². The minimum Gasteiger partial charge on any atom is -0.373 e. The lowest BCUT2D eigenvalue weighted by Crippen LogP contribution is -2.50. The maximum atomic E-state index is 12.4. The average Bonchev–Trinajstić information content (AvgIpc) is 2.40. The number of rotatable bonds is 2. The van der Waals surface area contributed by atoms with Gasteiger partial charge in [0.25, 0.3) is 0 Å². The number of hydrogen-bond acceptors (Lipinski definition) is 3. The molecule has 0 aromatic heterocycles. The summed E-state index contributed by atoms with van der Waals surface area (Å²) in [5, 5.41) is 0. The van der Waals surface area contributed by atoms with Crippen molar-refractivity contribution in [3.8, 4) is 0 Å². The van der Waals surface area contributed by atoms with Gasteiger partial charge in [-0.1, -0.05) is 24.3 Å². The highest BCUT2D eigenvalue weighted by Crippen LogP contribution is 2.36. The maximum Gasteiger partial charge on any atom is 0.230 e. The summed E-state index contributed by atoms with van der Waals surface area (Å²) in [5.41, 5.74) is 8.10. The van der Waals surface area contributed by atoms with Crippen LogP contribution in [-0.4, -0.2) is 43.2 Å². The number of carbonyl (C=O) groups excluding carboxylic acids is 1. The van der Waals surface area contributed by atoms with E-state index in [4.69, 9.17) is 10.5 Å². The van der Waals surface area contributed by atoms with Crippen LogP contribution in [0.2, 0.25) is 0 Å². The summed E-state index contributed by atoms with van der Waals surface area (Å²) in [6, 6.07) is 8.18. The molecule has 1 aromatic carbocycles. The van der Waals surface area contributed by atoms with Gasteiger partial charge in [-0.05, 0) is 17.5 Å². The Morgan fingerprint density at radius 3 is 3.06 bits per heavy atom. The monoisotopic (exact) mass is 246 g/mol. The van der Waals surface area contributed by atoms with Crippen molar-refractivity contribution in [3.05, 3.63) is 35.4 Å².